The first-order valence-corrected chi connectivity index (χ1v) is 7.23. The fourth-order valence-corrected chi connectivity index (χ4v) is 3.12. The number of hydrogen-bond donors (Lipinski definition) is 0. The van der Waals surface area contributed by atoms with E-state index < -0.39 is 0 Å². The maximum Gasteiger partial charge on any atom is 0.134 e. The molecule has 4 nitrogen and oxygen atoms in total. The van der Waals surface area contributed by atoms with Gasteiger partial charge in [-0.3, -0.25) is 4.68 Å². The summed E-state index contributed by atoms with van der Waals surface area (Å²) >= 11 is 0. The number of methoxy groups -OCH3 is 1. The molecule has 3 rings (SSSR count). The average Bonchev–Trinajstić information content (AvgIpc) is 3.00. The minimum atomic E-state index is 0.838. The van der Waals surface area contributed by atoms with Gasteiger partial charge in [0.15, 0.2) is 0 Å². The molecule has 2 aromatic rings. The van der Waals surface area contributed by atoms with Crippen LogP contribution in [-0.2, 0) is 19.9 Å². The molecule has 0 spiro atoms. The van der Waals surface area contributed by atoms with Crippen LogP contribution in [0.1, 0.15) is 16.8 Å². The molecule has 1 aromatic heterocycles. The number of nitrogens with zero attached hydrogens (tertiary/aromatic N) is 3. The number of fused-ring (bicyclic) bond motifs is 1. The highest BCUT2D eigenvalue weighted by Gasteiger charge is 2.26. The Morgan fingerprint density at radius 2 is 2.24 bits per heavy atom. The molecule has 2 heterocycles. The lowest BCUT2D eigenvalue weighted by molar-refractivity contribution is 0.415. The highest BCUT2D eigenvalue weighted by molar-refractivity contribution is 5.72. The maximum atomic E-state index is 5.37. The van der Waals surface area contributed by atoms with Gasteiger partial charge in [0.1, 0.15) is 11.6 Å². The first kappa shape index (κ1) is 13.7. The predicted molar refractivity (Wildman–Crippen MR) is 85.6 cm³/mol. The van der Waals surface area contributed by atoms with Crippen molar-refractivity contribution in [2.24, 2.45) is 7.05 Å². The van der Waals surface area contributed by atoms with Crippen LogP contribution in [0.4, 0.5) is 11.5 Å². The molecule has 0 radical (unpaired) electrons. The Morgan fingerprint density at radius 3 is 2.95 bits per heavy atom. The molecule has 0 saturated heterocycles. The quantitative estimate of drug-likeness (QED) is 0.807. The molecule has 0 atom stereocenters. The Morgan fingerprint density at radius 1 is 1.43 bits per heavy atom. The summed E-state index contributed by atoms with van der Waals surface area (Å²) in [7, 11) is 3.71. The minimum absolute atomic E-state index is 0.838. The molecule has 1 aliphatic heterocycles. The Kier molecular flexibility index (Phi) is 3.45. The monoisotopic (exact) mass is 283 g/mol. The van der Waals surface area contributed by atoms with Gasteiger partial charge in [-0.05, 0) is 31.4 Å². The van der Waals surface area contributed by atoms with Crippen LogP contribution in [-0.4, -0.2) is 23.4 Å². The number of anilines is 2. The molecule has 0 fully saturated rings. The fourth-order valence-electron chi connectivity index (χ4n) is 3.12. The van der Waals surface area contributed by atoms with Crippen LogP contribution in [0, 0.1) is 6.92 Å². The van der Waals surface area contributed by atoms with Gasteiger partial charge in [-0.2, -0.15) is 5.10 Å². The van der Waals surface area contributed by atoms with Gasteiger partial charge < -0.3 is 9.64 Å². The van der Waals surface area contributed by atoms with Crippen LogP contribution >= 0.6 is 0 Å². The Balaban J connectivity index is 2.10. The zero-order valence-corrected chi connectivity index (χ0v) is 12.9. The average molecular weight is 283 g/mol. The normalized spacial score (nSPS) is 13.4. The Bertz CT molecular complexity index is 688. The number of aromatic nitrogens is 2. The minimum Gasteiger partial charge on any atom is -0.497 e. The van der Waals surface area contributed by atoms with E-state index in [2.05, 4.69) is 35.6 Å². The highest BCUT2D eigenvalue weighted by atomic mass is 16.5. The highest BCUT2D eigenvalue weighted by Crippen LogP contribution is 2.39. The first-order chi connectivity index (χ1) is 10.2. The zero-order valence-electron chi connectivity index (χ0n) is 12.9. The standard InChI is InChI=1S/C17H21N3O/c1-5-6-15-12(2)18-19(3)17(15)20-10-9-13-7-8-14(21-4)11-16(13)20/h5,7-8,11H,1,6,9-10H2,2-4H3. The summed E-state index contributed by atoms with van der Waals surface area (Å²) < 4.78 is 7.35. The lowest BCUT2D eigenvalue weighted by atomic mass is 10.1. The third kappa shape index (κ3) is 2.20. The number of ether oxygens (including phenoxy) is 1. The molecule has 0 bridgehead atoms. The summed E-state index contributed by atoms with van der Waals surface area (Å²) in [6.45, 7) is 6.91. The maximum absolute atomic E-state index is 5.37. The van der Waals surface area contributed by atoms with Crippen LogP contribution in [0.3, 0.4) is 0 Å². The van der Waals surface area contributed by atoms with E-state index in [9.17, 15) is 0 Å². The first-order valence-electron chi connectivity index (χ1n) is 7.23. The number of aryl methyl sites for hydroxylation is 2. The van der Waals surface area contributed by atoms with Gasteiger partial charge in [-0.15, -0.1) is 6.58 Å². The van der Waals surface area contributed by atoms with Crippen LogP contribution in [0.2, 0.25) is 0 Å². The van der Waals surface area contributed by atoms with Crippen LogP contribution in [0.15, 0.2) is 30.9 Å². The molecule has 0 amide bonds. The van der Waals surface area contributed by atoms with Crippen LogP contribution in [0.5, 0.6) is 5.75 Å². The van der Waals surface area contributed by atoms with Crippen molar-refractivity contribution in [3.8, 4) is 5.75 Å². The van der Waals surface area contributed by atoms with Gasteiger partial charge in [0.05, 0.1) is 12.8 Å². The lowest BCUT2D eigenvalue weighted by Crippen LogP contribution is -2.18. The SMILES string of the molecule is C=CCc1c(C)nn(C)c1N1CCc2ccc(OC)cc21. The lowest BCUT2D eigenvalue weighted by Gasteiger charge is -2.21. The third-order valence-corrected chi connectivity index (χ3v) is 4.11. The molecule has 0 aliphatic carbocycles. The van der Waals surface area contributed by atoms with Crippen molar-refractivity contribution < 1.29 is 4.74 Å². The molecule has 1 aliphatic rings. The smallest absolute Gasteiger partial charge is 0.134 e. The second-order valence-corrected chi connectivity index (χ2v) is 5.40. The van der Waals surface area contributed by atoms with E-state index in [1.807, 2.05) is 23.9 Å². The summed E-state index contributed by atoms with van der Waals surface area (Å²) in [6.07, 6.45) is 3.83. The van der Waals surface area contributed by atoms with Gasteiger partial charge in [0, 0.05) is 30.9 Å². The number of allylic oxidation sites excluding steroid dienone is 1. The molecule has 110 valence electrons. The van der Waals surface area contributed by atoms with Crippen molar-refractivity contribution in [1.29, 1.82) is 0 Å². The van der Waals surface area contributed by atoms with E-state index in [0.29, 0.717) is 0 Å². The van der Waals surface area contributed by atoms with Crippen molar-refractivity contribution in [2.75, 3.05) is 18.6 Å². The molecule has 4 heteroatoms. The molecular weight excluding hydrogens is 262 g/mol. The Labute approximate surface area is 125 Å². The molecular formula is C17H21N3O. The van der Waals surface area contributed by atoms with Gasteiger partial charge >= 0.3 is 0 Å². The topological polar surface area (TPSA) is 30.3 Å². The second-order valence-electron chi connectivity index (χ2n) is 5.40. The summed E-state index contributed by atoms with van der Waals surface area (Å²) in [5.74, 6) is 2.06. The van der Waals surface area contributed by atoms with Crippen molar-refractivity contribution in [3.05, 3.63) is 47.7 Å². The van der Waals surface area contributed by atoms with Crippen molar-refractivity contribution in [2.45, 2.75) is 19.8 Å². The van der Waals surface area contributed by atoms with E-state index in [1.165, 1.54) is 22.6 Å². The van der Waals surface area contributed by atoms with Gasteiger partial charge in [0.2, 0.25) is 0 Å². The van der Waals surface area contributed by atoms with Crippen molar-refractivity contribution in [1.82, 2.24) is 9.78 Å². The number of benzene rings is 1. The molecule has 21 heavy (non-hydrogen) atoms. The zero-order chi connectivity index (χ0) is 15.0. The van der Waals surface area contributed by atoms with E-state index in [1.54, 1.807) is 7.11 Å². The number of hydrogen-bond acceptors (Lipinski definition) is 3. The molecule has 0 N–H and O–H groups in total. The van der Waals surface area contributed by atoms with Crippen LogP contribution < -0.4 is 9.64 Å². The van der Waals surface area contributed by atoms with Crippen molar-refractivity contribution >= 4 is 11.5 Å². The van der Waals surface area contributed by atoms with E-state index >= 15 is 0 Å². The van der Waals surface area contributed by atoms with Crippen molar-refractivity contribution in [3.63, 3.8) is 0 Å². The van der Waals surface area contributed by atoms with Gasteiger partial charge in [0.25, 0.3) is 0 Å². The third-order valence-electron chi connectivity index (χ3n) is 4.11. The summed E-state index contributed by atoms with van der Waals surface area (Å²) in [4.78, 5) is 2.34. The summed E-state index contributed by atoms with van der Waals surface area (Å²) in [5.41, 5.74) is 4.91. The predicted octanol–water partition coefficient (Wildman–Crippen LogP) is 3.16. The molecule has 0 saturated carbocycles. The Hall–Kier alpha value is -2.23. The van der Waals surface area contributed by atoms with Crippen LogP contribution in [0.25, 0.3) is 0 Å². The van der Waals surface area contributed by atoms with E-state index in [-0.39, 0.29) is 0 Å². The fraction of sp³-hybridized carbons (Fsp3) is 0.353. The van der Waals surface area contributed by atoms with E-state index in [0.717, 1.165) is 30.8 Å². The molecule has 0 unspecified atom stereocenters. The van der Waals surface area contributed by atoms with Gasteiger partial charge in [-0.25, -0.2) is 0 Å². The van der Waals surface area contributed by atoms with Gasteiger partial charge in [-0.1, -0.05) is 12.1 Å². The summed E-state index contributed by atoms with van der Waals surface area (Å²) in [5, 5.41) is 4.59. The summed E-state index contributed by atoms with van der Waals surface area (Å²) in [6, 6.07) is 6.30. The van der Waals surface area contributed by atoms with E-state index in [4.69, 9.17) is 4.74 Å². The number of rotatable bonds is 4. The molecule has 1 aromatic carbocycles. The second kappa shape index (κ2) is 5.28. The largest absolute Gasteiger partial charge is 0.497 e.